The van der Waals surface area contributed by atoms with Crippen molar-refractivity contribution in [1.29, 1.82) is 0 Å². The fourth-order valence-corrected chi connectivity index (χ4v) is 2.00. The van der Waals surface area contributed by atoms with Gasteiger partial charge in [-0.05, 0) is 24.3 Å². The monoisotopic (exact) mass is 267 g/mol. The highest BCUT2D eigenvalue weighted by Gasteiger charge is 2.14. The molecule has 0 unspecified atom stereocenters. The molecule has 3 aromatic rings. The van der Waals surface area contributed by atoms with Crippen molar-refractivity contribution in [1.82, 2.24) is 14.4 Å². The summed E-state index contributed by atoms with van der Waals surface area (Å²) >= 11 is 0. The average Bonchev–Trinajstić information content (AvgIpc) is 2.86. The van der Waals surface area contributed by atoms with Crippen LogP contribution in [-0.2, 0) is 0 Å². The van der Waals surface area contributed by atoms with Crippen LogP contribution in [0.3, 0.4) is 0 Å². The van der Waals surface area contributed by atoms with Crippen LogP contribution in [-0.4, -0.2) is 31.7 Å². The Labute approximate surface area is 113 Å². The van der Waals surface area contributed by atoms with Gasteiger partial charge in [0.1, 0.15) is 11.4 Å². The van der Waals surface area contributed by atoms with Gasteiger partial charge in [0.25, 0.3) is 0 Å². The molecule has 6 heteroatoms. The van der Waals surface area contributed by atoms with Crippen LogP contribution >= 0.6 is 0 Å². The molecule has 3 heterocycles. The first kappa shape index (κ1) is 12.0. The molecule has 20 heavy (non-hydrogen) atoms. The first-order valence-corrected chi connectivity index (χ1v) is 5.82. The van der Waals surface area contributed by atoms with E-state index >= 15 is 0 Å². The van der Waals surface area contributed by atoms with Gasteiger partial charge < -0.3 is 5.11 Å². The number of carboxylic acids is 1. The Bertz CT molecular complexity index is 809. The Hall–Kier alpha value is -3.02. The van der Waals surface area contributed by atoms with Crippen LogP contribution < -0.4 is 0 Å². The Morgan fingerprint density at radius 3 is 2.80 bits per heavy atom. The predicted molar refractivity (Wildman–Crippen MR) is 70.8 cm³/mol. The van der Waals surface area contributed by atoms with Crippen LogP contribution in [0.4, 0.5) is 0 Å². The van der Waals surface area contributed by atoms with E-state index in [9.17, 15) is 9.59 Å². The highest BCUT2D eigenvalue weighted by molar-refractivity contribution is 5.92. The van der Waals surface area contributed by atoms with Crippen molar-refractivity contribution in [2.75, 3.05) is 0 Å². The predicted octanol–water partition coefficient (Wildman–Crippen LogP) is 1.91. The largest absolute Gasteiger partial charge is 0.478 e. The van der Waals surface area contributed by atoms with E-state index < -0.39 is 5.97 Å². The Morgan fingerprint density at radius 1 is 1.30 bits per heavy atom. The summed E-state index contributed by atoms with van der Waals surface area (Å²) in [6.07, 6.45) is 3.80. The molecule has 0 aliphatic heterocycles. The van der Waals surface area contributed by atoms with Crippen LogP contribution in [0.1, 0.15) is 20.8 Å². The van der Waals surface area contributed by atoms with Crippen molar-refractivity contribution in [3.8, 4) is 11.5 Å². The summed E-state index contributed by atoms with van der Waals surface area (Å²) in [5.41, 5.74) is 1.35. The number of aldehydes is 1. The number of carbonyl (C=O) groups excluding carboxylic acids is 1. The standard InChI is InChI=1S/C14H9N3O3/c18-8-11-12-7-9(14(19)20)4-6-17(12)13(16-11)10-3-1-2-5-15-10/h1-8H,(H,19,20). The molecule has 3 rings (SSSR count). The van der Waals surface area contributed by atoms with Gasteiger partial charge in [0.2, 0.25) is 0 Å². The quantitative estimate of drug-likeness (QED) is 0.733. The molecule has 0 fully saturated rings. The number of imidazole rings is 1. The number of hydrogen-bond donors (Lipinski definition) is 1. The van der Waals surface area contributed by atoms with Crippen molar-refractivity contribution in [2.24, 2.45) is 0 Å². The zero-order chi connectivity index (χ0) is 14.1. The lowest BCUT2D eigenvalue weighted by atomic mass is 10.2. The third-order valence-corrected chi connectivity index (χ3v) is 2.92. The van der Waals surface area contributed by atoms with Gasteiger partial charge in [0, 0.05) is 12.4 Å². The molecule has 0 saturated carbocycles. The van der Waals surface area contributed by atoms with E-state index in [0.717, 1.165) is 0 Å². The van der Waals surface area contributed by atoms with Crippen molar-refractivity contribution in [3.05, 3.63) is 54.0 Å². The summed E-state index contributed by atoms with van der Waals surface area (Å²) in [5, 5.41) is 9.00. The summed E-state index contributed by atoms with van der Waals surface area (Å²) in [6.45, 7) is 0. The maximum atomic E-state index is 11.1. The number of pyridine rings is 2. The minimum Gasteiger partial charge on any atom is -0.478 e. The number of carboxylic acid groups (broad SMARTS) is 1. The van der Waals surface area contributed by atoms with Gasteiger partial charge in [-0.2, -0.15) is 0 Å². The van der Waals surface area contributed by atoms with Crippen LogP contribution in [0, 0.1) is 0 Å². The first-order chi connectivity index (χ1) is 9.70. The topological polar surface area (TPSA) is 84.6 Å². The summed E-state index contributed by atoms with van der Waals surface area (Å²) in [5.74, 6) is -0.551. The Morgan fingerprint density at radius 2 is 2.15 bits per heavy atom. The second-order valence-electron chi connectivity index (χ2n) is 4.13. The van der Waals surface area contributed by atoms with Gasteiger partial charge in [-0.25, -0.2) is 9.78 Å². The van der Waals surface area contributed by atoms with E-state index in [2.05, 4.69) is 9.97 Å². The molecule has 98 valence electrons. The highest BCUT2D eigenvalue weighted by Crippen LogP contribution is 2.21. The zero-order valence-electron chi connectivity index (χ0n) is 10.2. The third-order valence-electron chi connectivity index (χ3n) is 2.92. The molecular weight excluding hydrogens is 258 g/mol. The minimum atomic E-state index is -1.05. The van der Waals surface area contributed by atoms with Crippen molar-refractivity contribution in [3.63, 3.8) is 0 Å². The molecule has 0 aliphatic carbocycles. The Balaban J connectivity index is 2.30. The number of rotatable bonds is 3. The van der Waals surface area contributed by atoms with Crippen molar-refractivity contribution < 1.29 is 14.7 Å². The van der Waals surface area contributed by atoms with E-state index in [1.807, 2.05) is 6.07 Å². The lowest BCUT2D eigenvalue weighted by Gasteiger charge is -2.01. The number of fused-ring (bicyclic) bond motifs is 1. The van der Waals surface area contributed by atoms with Crippen LogP contribution in [0.2, 0.25) is 0 Å². The van der Waals surface area contributed by atoms with Crippen LogP contribution in [0.5, 0.6) is 0 Å². The second kappa shape index (κ2) is 4.58. The van der Waals surface area contributed by atoms with E-state index in [-0.39, 0.29) is 11.3 Å². The molecule has 0 saturated heterocycles. The van der Waals surface area contributed by atoms with Crippen LogP contribution in [0.15, 0.2) is 42.7 Å². The van der Waals surface area contributed by atoms with Gasteiger partial charge in [-0.1, -0.05) is 6.07 Å². The summed E-state index contributed by atoms with van der Waals surface area (Å²) < 4.78 is 1.65. The molecule has 6 nitrogen and oxygen atoms in total. The van der Waals surface area contributed by atoms with E-state index in [1.165, 1.54) is 12.1 Å². The molecule has 0 spiro atoms. The maximum absolute atomic E-state index is 11.1. The van der Waals surface area contributed by atoms with Gasteiger partial charge in [0.15, 0.2) is 12.1 Å². The molecule has 0 aliphatic rings. The fraction of sp³-hybridized carbons (Fsp3) is 0. The molecular formula is C14H9N3O3. The average molecular weight is 267 g/mol. The van der Waals surface area contributed by atoms with Gasteiger partial charge in [-0.15, -0.1) is 0 Å². The molecule has 0 amide bonds. The number of aromatic carboxylic acids is 1. The van der Waals surface area contributed by atoms with Gasteiger partial charge >= 0.3 is 5.97 Å². The van der Waals surface area contributed by atoms with Crippen LogP contribution in [0.25, 0.3) is 17.0 Å². The SMILES string of the molecule is O=Cc1nc(-c2ccccn2)n2ccc(C(=O)O)cc12. The normalized spacial score (nSPS) is 10.6. The smallest absolute Gasteiger partial charge is 0.335 e. The molecule has 0 bridgehead atoms. The third kappa shape index (κ3) is 1.83. The Kier molecular flexibility index (Phi) is 2.76. The van der Waals surface area contributed by atoms with E-state index in [0.29, 0.717) is 23.3 Å². The van der Waals surface area contributed by atoms with Crippen molar-refractivity contribution >= 4 is 17.8 Å². The maximum Gasteiger partial charge on any atom is 0.335 e. The lowest BCUT2D eigenvalue weighted by Crippen LogP contribution is -1.98. The number of carbonyl (C=O) groups is 2. The minimum absolute atomic E-state index is 0.105. The highest BCUT2D eigenvalue weighted by atomic mass is 16.4. The molecule has 0 aromatic carbocycles. The van der Waals surface area contributed by atoms with E-state index in [1.54, 1.807) is 28.9 Å². The summed E-state index contributed by atoms with van der Waals surface area (Å²) in [6, 6.07) is 8.25. The first-order valence-electron chi connectivity index (χ1n) is 5.82. The van der Waals surface area contributed by atoms with Gasteiger partial charge in [0.05, 0.1) is 11.1 Å². The number of aromatic nitrogens is 3. The van der Waals surface area contributed by atoms with E-state index in [4.69, 9.17) is 5.11 Å². The fourth-order valence-electron chi connectivity index (χ4n) is 2.00. The number of hydrogen-bond acceptors (Lipinski definition) is 4. The summed E-state index contributed by atoms with van der Waals surface area (Å²) in [4.78, 5) is 30.5. The number of nitrogens with zero attached hydrogens (tertiary/aromatic N) is 3. The zero-order valence-corrected chi connectivity index (χ0v) is 10.2. The lowest BCUT2D eigenvalue weighted by molar-refractivity contribution is 0.0696. The molecule has 3 aromatic heterocycles. The molecule has 0 atom stereocenters. The molecule has 1 N–H and O–H groups in total. The summed E-state index contributed by atoms with van der Waals surface area (Å²) in [7, 11) is 0. The molecule has 0 radical (unpaired) electrons. The second-order valence-corrected chi connectivity index (χ2v) is 4.13. The van der Waals surface area contributed by atoms with Gasteiger partial charge in [-0.3, -0.25) is 14.2 Å². The van der Waals surface area contributed by atoms with Crippen molar-refractivity contribution in [2.45, 2.75) is 0 Å².